The first-order valence-corrected chi connectivity index (χ1v) is 12.0. The van der Waals surface area contributed by atoms with E-state index in [0.717, 1.165) is 29.0 Å². The van der Waals surface area contributed by atoms with Gasteiger partial charge in [-0.15, -0.1) is 0 Å². The number of benzene rings is 2. The van der Waals surface area contributed by atoms with Crippen LogP contribution in [0.15, 0.2) is 66.9 Å². The van der Waals surface area contributed by atoms with Gasteiger partial charge in [-0.1, -0.05) is 30.3 Å². The Balaban J connectivity index is 1.44. The number of likely N-dealkylation sites (tertiary alicyclic amines) is 1. The van der Waals surface area contributed by atoms with Gasteiger partial charge in [0.2, 0.25) is 5.91 Å². The Morgan fingerprint density at radius 1 is 1.08 bits per heavy atom. The maximum Gasteiger partial charge on any atom is 0.256 e. The summed E-state index contributed by atoms with van der Waals surface area (Å²) in [6.45, 7) is 2.52. The number of pyridine rings is 1. The van der Waals surface area contributed by atoms with Gasteiger partial charge in [0.25, 0.3) is 5.91 Å². The number of carbonyl (C=O) groups excluding carboxylic acids is 2. The highest BCUT2D eigenvalue weighted by molar-refractivity contribution is 5.94. The number of carbonyl (C=O) groups is 2. The zero-order valence-corrected chi connectivity index (χ0v) is 19.9. The molecule has 2 aromatic carbocycles. The number of ether oxygens (including phenoxy) is 1. The summed E-state index contributed by atoms with van der Waals surface area (Å²) in [6.07, 6.45) is 2.48. The molecule has 1 aliphatic carbocycles. The van der Waals surface area contributed by atoms with E-state index in [1.807, 2.05) is 36.4 Å². The van der Waals surface area contributed by atoms with Crippen LogP contribution in [0.4, 0.5) is 8.78 Å². The molecular weight excluding hydrogens is 464 g/mol. The van der Waals surface area contributed by atoms with Gasteiger partial charge < -0.3 is 15.0 Å². The number of nitrogens with one attached hydrogen (secondary N) is 1. The average Bonchev–Trinajstić information content (AvgIpc) is 3.11. The van der Waals surface area contributed by atoms with Crippen molar-refractivity contribution in [1.82, 2.24) is 15.2 Å². The molecule has 5 rings (SSSR count). The number of hydrogen-bond acceptors (Lipinski definition) is 4. The molecule has 2 aliphatic rings. The zero-order valence-electron chi connectivity index (χ0n) is 19.9. The third kappa shape index (κ3) is 4.37. The van der Waals surface area contributed by atoms with Gasteiger partial charge in [0.05, 0.1) is 30.0 Å². The monoisotopic (exact) mass is 491 g/mol. The van der Waals surface area contributed by atoms with Crippen LogP contribution in [0.5, 0.6) is 0 Å². The van der Waals surface area contributed by atoms with Crippen LogP contribution < -0.4 is 5.32 Å². The highest BCUT2D eigenvalue weighted by Gasteiger charge is 2.54. The van der Waals surface area contributed by atoms with Crippen molar-refractivity contribution >= 4 is 11.8 Å². The predicted molar refractivity (Wildman–Crippen MR) is 129 cm³/mol. The number of fused-ring (bicyclic) bond motifs is 2. The van der Waals surface area contributed by atoms with E-state index in [9.17, 15) is 18.4 Å². The van der Waals surface area contributed by atoms with Crippen LogP contribution in [0.1, 0.15) is 53.0 Å². The Labute approximate surface area is 208 Å². The minimum Gasteiger partial charge on any atom is -0.368 e. The fourth-order valence-electron chi connectivity index (χ4n) is 5.64. The standard InChI is InChI=1S/C28H27F2N3O3/c1-18(34)32-25-21-7-2-3-8-23(21)28(26(25)36-17-20-6-4-5-13-31-20)11-14-33(15-12-28)27(35)22-10-9-19(29)16-24(22)30/h2-10,13,16,25-26H,11-12,14-15,17H2,1H3,(H,32,34)/t25-,26+/m0/s1. The third-order valence-corrected chi connectivity index (χ3v) is 7.28. The van der Waals surface area contributed by atoms with Gasteiger partial charge in [-0.05, 0) is 48.2 Å². The van der Waals surface area contributed by atoms with Crippen LogP contribution >= 0.6 is 0 Å². The molecule has 2 heterocycles. The Kier molecular flexibility index (Phi) is 6.53. The molecule has 2 atom stereocenters. The van der Waals surface area contributed by atoms with E-state index in [4.69, 9.17) is 4.74 Å². The van der Waals surface area contributed by atoms with E-state index in [2.05, 4.69) is 16.4 Å². The maximum absolute atomic E-state index is 14.3. The fourth-order valence-corrected chi connectivity index (χ4v) is 5.64. The van der Waals surface area contributed by atoms with Gasteiger partial charge in [-0.2, -0.15) is 0 Å². The summed E-state index contributed by atoms with van der Waals surface area (Å²) < 4.78 is 34.1. The average molecular weight is 492 g/mol. The van der Waals surface area contributed by atoms with Crippen LogP contribution in [0.3, 0.4) is 0 Å². The molecule has 1 fully saturated rings. The lowest BCUT2D eigenvalue weighted by Gasteiger charge is -2.44. The summed E-state index contributed by atoms with van der Waals surface area (Å²) >= 11 is 0. The molecule has 0 saturated carbocycles. The molecule has 1 spiro atoms. The van der Waals surface area contributed by atoms with E-state index < -0.39 is 23.0 Å². The second-order valence-corrected chi connectivity index (χ2v) is 9.39. The van der Waals surface area contributed by atoms with Crippen molar-refractivity contribution in [2.24, 2.45) is 0 Å². The summed E-state index contributed by atoms with van der Waals surface area (Å²) in [5.74, 6) is -2.20. The molecule has 0 bridgehead atoms. The van der Waals surface area contributed by atoms with Gasteiger partial charge in [0.15, 0.2) is 0 Å². The lowest BCUT2D eigenvalue weighted by molar-refractivity contribution is -0.122. The summed E-state index contributed by atoms with van der Waals surface area (Å²) in [4.78, 5) is 31.2. The quantitative estimate of drug-likeness (QED) is 0.578. The molecule has 1 N–H and O–H groups in total. The van der Waals surface area contributed by atoms with Crippen LogP contribution in [-0.4, -0.2) is 40.9 Å². The molecule has 3 aromatic rings. The SMILES string of the molecule is CC(=O)N[C@H]1c2ccccc2C2(CCN(C(=O)c3ccc(F)cc3F)CC2)[C@@H]1OCc1ccccn1. The van der Waals surface area contributed by atoms with Crippen molar-refractivity contribution in [3.63, 3.8) is 0 Å². The Bertz CT molecular complexity index is 1280. The van der Waals surface area contributed by atoms with E-state index in [0.29, 0.717) is 25.9 Å². The minimum absolute atomic E-state index is 0.141. The normalized spacial score (nSPS) is 20.2. The third-order valence-electron chi connectivity index (χ3n) is 7.28. The molecule has 1 saturated heterocycles. The van der Waals surface area contributed by atoms with Crippen LogP contribution in [0.2, 0.25) is 0 Å². The number of nitrogens with zero attached hydrogens (tertiary/aromatic N) is 2. The topological polar surface area (TPSA) is 71.5 Å². The van der Waals surface area contributed by atoms with Gasteiger partial charge in [-0.25, -0.2) is 8.78 Å². The van der Waals surface area contributed by atoms with Crippen molar-refractivity contribution in [1.29, 1.82) is 0 Å². The van der Waals surface area contributed by atoms with Crippen molar-refractivity contribution in [3.05, 3.63) is 101 Å². The van der Waals surface area contributed by atoms with Gasteiger partial charge >= 0.3 is 0 Å². The lowest BCUT2D eigenvalue weighted by atomic mass is 9.71. The number of rotatable bonds is 5. The molecule has 1 aromatic heterocycles. The first-order chi connectivity index (χ1) is 17.4. The predicted octanol–water partition coefficient (Wildman–Crippen LogP) is 4.31. The van der Waals surface area contributed by atoms with Crippen LogP contribution in [0.25, 0.3) is 0 Å². The van der Waals surface area contributed by atoms with Crippen molar-refractivity contribution < 1.29 is 23.1 Å². The number of piperidine rings is 1. The van der Waals surface area contributed by atoms with E-state index >= 15 is 0 Å². The largest absolute Gasteiger partial charge is 0.368 e. The number of halogens is 2. The molecule has 0 unspecified atom stereocenters. The summed E-state index contributed by atoms with van der Waals surface area (Å²) in [5.41, 5.74) is 2.29. The first-order valence-electron chi connectivity index (χ1n) is 12.0. The van der Waals surface area contributed by atoms with E-state index in [1.165, 1.54) is 13.0 Å². The van der Waals surface area contributed by atoms with Crippen LogP contribution in [-0.2, 0) is 21.6 Å². The maximum atomic E-state index is 14.3. The molecular formula is C28H27F2N3O3. The minimum atomic E-state index is -0.867. The number of amides is 2. The molecule has 1 aliphatic heterocycles. The van der Waals surface area contributed by atoms with Crippen molar-refractivity contribution in [2.75, 3.05) is 13.1 Å². The van der Waals surface area contributed by atoms with Gasteiger partial charge in [0, 0.05) is 37.7 Å². The summed E-state index contributed by atoms with van der Waals surface area (Å²) in [6, 6.07) is 16.3. The Morgan fingerprint density at radius 3 is 2.53 bits per heavy atom. The highest BCUT2D eigenvalue weighted by Crippen LogP contribution is 2.52. The number of hydrogen-bond donors (Lipinski definition) is 1. The first kappa shape index (κ1) is 24.1. The fraction of sp³-hybridized carbons (Fsp3) is 0.321. The second-order valence-electron chi connectivity index (χ2n) is 9.39. The van der Waals surface area contributed by atoms with Gasteiger partial charge in [-0.3, -0.25) is 14.6 Å². The smallest absolute Gasteiger partial charge is 0.256 e. The summed E-state index contributed by atoms with van der Waals surface area (Å²) in [5, 5.41) is 3.08. The lowest BCUT2D eigenvalue weighted by Crippen LogP contribution is -2.52. The van der Waals surface area contributed by atoms with E-state index in [-0.39, 0.29) is 30.2 Å². The Hall–Kier alpha value is -3.65. The summed E-state index contributed by atoms with van der Waals surface area (Å²) in [7, 11) is 0. The molecule has 2 amide bonds. The molecule has 36 heavy (non-hydrogen) atoms. The van der Waals surface area contributed by atoms with E-state index in [1.54, 1.807) is 11.1 Å². The van der Waals surface area contributed by atoms with Crippen molar-refractivity contribution in [3.8, 4) is 0 Å². The van der Waals surface area contributed by atoms with Crippen molar-refractivity contribution in [2.45, 2.75) is 43.9 Å². The van der Waals surface area contributed by atoms with Crippen LogP contribution in [0, 0.1) is 11.6 Å². The molecule has 0 radical (unpaired) electrons. The highest BCUT2D eigenvalue weighted by atomic mass is 19.1. The zero-order chi connectivity index (χ0) is 25.3. The Morgan fingerprint density at radius 2 is 1.83 bits per heavy atom. The second kappa shape index (κ2) is 9.78. The molecule has 6 nitrogen and oxygen atoms in total. The molecule has 8 heteroatoms. The molecule has 186 valence electrons. The number of aromatic nitrogens is 1. The van der Waals surface area contributed by atoms with Gasteiger partial charge in [0.1, 0.15) is 11.6 Å².